The Bertz CT molecular complexity index is 190. The summed E-state index contributed by atoms with van der Waals surface area (Å²) in [5.41, 5.74) is 0. The minimum Gasteiger partial charge on any atom is -0.393 e. The standard InChI is InChI=1S/C16H32O/c1-4-7-10-14(6-3)16(17)15-12-9-8-11-13(15)5-2/h13-17H,4-12H2,1-3H3. The summed E-state index contributed by atoms with van der Waals surface area (Å²) in [6, 6.07) is 0. The summed E-state index contributed by atoms with van der Waals surface area (Å²) in [6.07, 6.45) is 11.5. The van der Waals surface area contributed by atoms with Gasteiger partial charge in [0.1, 0.15) is 0 Å². The van der Waals surface area contributed by atoms with Gasteiger partial charge in [0.2, 0.25) is 0 Å². The van der Waals surface area contributed by atoms with E-state index in [1.165, 1.54) is 51.4 Å². The second-order valence-corrected chi connectivity index (χ2v) is 5.92. The van der Waals surface area contributed by atoms with Gasteiger partial charge in [-0.2, -0.15) is 0 Å². The predicted molar refractivity (Wildman–Crippen MR) is 75.1 cm³/mol. The monoisotopic (exact) mass is 240 g/mol. The molecule has 4 unspecified atom stereocenters. The average Bonchev–Trinajstić information content (AvgIpc) is 2.39. The molecule has 1 fully saturated rings. The van der Waals surface area contributed by atoms with Gasteiger partial charge in [0.05, 0.1) is 6.10 Å². The van der Waals surface area contributed by atoms with Crippen LogP contribution in [0.2, 0.25) is 0 Å². The van der Waals surface area contributed by atoms with Crippen molar-refractivity contribution in [2.75, 3.05) is 0 Å². The molecule has 1 aliphatic rings. The minimum absolute atomic E-state index is 0.0307. The summed E-state index contributed by atoms with van der Waals surface area (Å²) in [5, 5.41) is 10.7. The fourth-order valence-electron chi connectivity index (χ4n) is 3.63. The third-order valence-corrected chi connectivity index (χ3v) is 4.87. The van der Waals surface area contributed by atoms with Crippen LogP contribution in [-0.4, -0.2) is 11.2 Å². The van der Waals surface area contributed by atoms with Crippen molar-refractivity contribution in [2.45, 2.75) is 84.7 Å². The molecular weight excluding hydrogens is 208 g/mol. The maximum absolute atomic E-state index is 10.7. The lowest BCUT2D eigenvalue weighted by atomic mass is 9.71. The molecule has 0 aliphatic heterocycles. The number of aliphatic hydroxyl groups is 1. The zero-order valence-corrected chi connectivity index (χ0v) is 12.1. The molecule has 4 atom stereocenters. The first-order chi connectivity index (χ1) is 8.24. The molecule has 1 nitrogen and oxygen atoms in total. The molecule has 1 N–H and O–H groups in total. The van der Waals surface area contributed by atoms with Gasteiger partial charge in [-0.1, -0.05) is 65.7 Å². The van der Waals surface area contributed by atoms with Crippen LogP contribution in [0.1, 0.15) is 78.6 Å². The maximum Gasteiger partial charge on any atom is 0.0599 e. The van der Waals surface area contributed by atoms with E-state index in [9.17, 15) is 5.11 Å². The second-order valence-electron chi connectivity index (χ2n) is 5.92. The van der Waals surface area contributed by atoms with E-state index < -0.39 is 0 Å². The van der Waals surface area contributed by atoms with Crippen molar-refractivity contribution in [2.24, 2.45) is 17.8 Å². The fourth-order valence-corrected chi connectivity index (χ4v) is 3.63. The Hall–Kier alpha value is -0.0400. The number of rotatable bonds is 7. The van der Waals surface area contributed by atoms with Crippen LogP contribution in [0, 0.1) is 17.8 Å². The zero-order valence-electron chi connectivity index (χ0n) is 12.1. The van der Waals surface area contributed by atoms with E-state index in [2.05, 4.69) is 20.8 Å². The SMILES string of the molecule is CCCCC(CC)C(O)C1CCCCC1CC. The number of hydrogen-bond donors (Lipinski definition) is 1. The van der Waals surface area contributed by atoms with E-state index in [0.29, 0.717) is 11.8 Å². The molecule has 0 bridgehead atoms. The maximum atomic E-state index is 10.7. The van der Waals surface area contributed by atoms with Crippen LogP contribution in [0.4, 0.5) is 0 Å². The fraction of sp³-hybridized carbons (Fsp3) is 1.00. The van der Waals surface area contributed by atoms with Crippen molar-refractivity contribution < 1.29 is 5.11 Å². The van der Waals surface area contributed by atoms with Crippen molar-refractivity contribution in [1.82, 2.24) is 0 Å². The highest BCUT2D eigenvalue weighted by Gasteiger charge is 2.33. The highest BCUT2D eigenvalue weighted by atomic mass is 16.3. The molecule has 17 heavy (non-hydrogen) atoms. The topological polar surface area (TPSA) is 20.2 Å². The lowest BCUT2D eigenvalue weighted by Crippen LogP contribution is -2.35. The molecule has 102 valence electrons. The van der Waals surface area contributed by atoms with Gasteiger partial charge in [0.25, 0.3) is 0 Å². The Balaban J connectivity index is 2.54. The third-order valence-electron chi connectivity index (χ3n) is 4.87. The van der Waals surface area contributed by atoms with E-state index >= 15 is 0 Å². The quantitative estimate of drug-likeness (QED) is 0.679. The van der Waals surface area contributed by atoms with Crippen LogP contribution in [0.5, 0.6) is 0 Å². The molecular formula is C16H32O. The molecule has 0 aromatic carbocycles. The van der Waals surface area contributed by atoms with Gasteiger partial charge < -0.3 is 5.11 Å². The summed E-state index contributed by atoms with van der Waals surface area (Å²) in [5.74, 6) is 1.93. The second kappa shape index (κ2) is 8.13. The molecule has 0 heterocycles. The highest BCUT2D eigenvalue weighted by molar-refractivity contribution is 4.83. The number of aliphatic hydroxyl groups excluding tert-OH is 1. The van der Waals surface area contributed by atoms with Crippen LogP contribution in [0.15, 0.2) is 0 Å². The van der Waals surface area contributed by atoms with Gasteiger partial charge in [0, 0.05) is 0 Å². The van der Waals surface area contributed by atoms with E-state index in [0.717, 1.165) is 12.3 Å². The van der Waals surface area contributed by atoms with Crippen molar-refractivity contribution in [3.63, 3.8) is 0 Å². The van der Waals surface area contributed by atoms with E-state index in [1.807, 2.05) is 0 Å². The average molecular weight is 240 g/mol. The molecule has 0 radical (unpaired) electrons. The van der Waals surface area contributed by atoms with Crippen molar-refractivity contribution in [1.29, 1.82) is 0 Å². The number of unbranched alkanes of at least 4 members (excludes halogenated alkanes) is 1. The molecule has 1 heteroatoms. The first-order valence-electron chi connectivity index (χ1n) is 7.92. The van der Waals surface area contributed by atoms with Crippen molar-refractivity contribution in [3.05, 3.63) is 0 Å². The Labute approximate surface area is 108 Å². The van der Waals surface area contributed by atoms with E-state index in [4.69, 9.17) is 0 Å². The lowest BCUT2D eigenvalue weighted by molar-refractivity contribution is -0.00124. The van der Waals surface area contributed by atoms with Crippen LogP contribution in [0.25, 0.3) is 0 Å². The Morgan fingerprint density at radius 3 is 2.41 bits per heavy atom. The predicted octanol–water partition coefficient (Wildman–Crippen LogP) is 4.78. The van der Waals surface area contributed by atoms with Crippen molar-refractivity contribution >= 4 is 0 Å². The van der Waals surface area contributed by atoms with Gasteiger partial charge in [-0.25, -0.2) is 0 Å². The third kappa shape index (κ3) is 4.28. The first kappa shape index (κ1) is 15.0. The van der Waals surface area contributed by atoms with Gasteiger partial charge in [-0.15, -0.1) is 0 Å². The van der Waals surface area contributed by atoms with Gasteiger partial charge >= 0.3 is 0 Å². The summed E-state index contributed by atoms with van der Waals surface area (Å²) in [7, 11) is 0. The first-order valence-corrected chi connectivity index (χ1v) is 7.92. The van der Waals surface area contributed by atoms with Crippen LogP contribution >= 0.6 is 0 Å². The zero-order chi connectivity index (χ0) is 12.7. The molecule has 0 saturated heterocycles. The summed E-state index contributed by atoms with van der Waals surface area (Å²) in [6.45, 7) is 6.78. The van der Waals surface area contributed by atoms with Gasteiger partial charge in [0.15, 0.2) is 0 Å². The molecule has 1 rings (SSSR count). The lowest BCUT2D eigenvalue weighted by Gasteiger charge is -2.37. The number of hydrogen-bond acceptors (Lipinski definition) is 1. The molecule has 0 spiro atoms. The van der Waals surface area contributed by atoms with Crippen LogP contribution in [0.3, 0.4) is 0 Å². The Kier molecular flexibility index (Phi) is 7.18. The van der Waals surface area contributed by atoms with Crippen LogP contribution < -0.4 is 0 Å². The Morgan fingerprint density at radius 2 is 1.82 bits per heavy atom. The summed E-state index contributed by atoms with van der Waals surface area (Å²) in [4.78, 5) is 0. The molecule has 1 saturated carbocycles. The highest BCUT2D eigenvalue weighted by Crippen LogP contribution is 2.38. The molecule has 0 aromatic rings. The van der Waals surface area contributed by atoms with E-state index in [-0.39, 0.29) is 6.10 Å². The largest absolute Gasteiger partial charge is 0.393 e. The van der Waals surface area contributed by atoms with Crippen LogP contribution in [-0.2, 0) is 0 Å². The van der Waals surface area contributed by atoms with Gasteiger partial charge in [-0.3, -0.25) is 0 Å². The minimum atomic E-state index is -0.0307. The Morgan fingerprint density at radius 1 is 1.12 bits per heavy atom. The van der Waals surface area contributed by atoms with E-state index in [1.54, 1.807) is 0 Å². The normalized spacial score (nSPS) is 28.9. The molecule has 0 amide bonds. The summed E-state index contributed by atoms with van der Waals surface area (Å²) >= 11 is 0. The molecule has 1 aliphatic carbocycles. The molecule has 0 aromatic heterocycles. The summed E-state index contributed by atoms with van der Waals surface area (Å²) < 4.78 is 0. The van der Waals surface area contributed by atoms with Gasteiger partial charge in [-0.05, 0) is 30.6 Å². The smallest absolute Gasteiger partial charge is 0.0599 e. The van der Waals surface area contributed by atoms with Crippen molar-refractivity contribution in [3.8, 4) is 0 Å².